The van der Waals surface area contributed by atoms with E-state index in [2.05, 4.69) is 43.2 Å². The summed E-state index contributed by atoms with van der Waals surface area (Å²) in [5.74, 6) is 1.67. The fourth-order valence-electron chi connectivity index (χ4n) is 3.26. The van der Waals surface area contributed by atoms with Gasteiger partial charge < -0.3 is 15.0 Å². The number of hydrogen-bond acceptors (Lipinski definition) is 3. The fourth-order valence-corrected chi connectivity index (χ4v) is 3.26. The van der Waals surface area contributed by atoms with Crippen LogP contribution in [0.2, 0.25) is 0 Å². The number of carbonyl (C=O) groups is 1. The van der Waals surface area contributed by atoms with Gasteiger partial charge in [0.1, 0.15) is 5.75 Å². The number of carbonyl (C=O) groups excluding carboxylic acids is 1. The second-order valence-corrected chi connectivity index (χ2v) is 7.07. The van der Waals surface area contributed by atoms with E-state index >= 15 is 0 Å². The molecule has 128 valence electrons. The second-order valence-electron chi connectivity index (χ2n) is 7.07. The molecule has 4 heteroatoms. The van der Waals surface area contributed by atoms with E-state index in [0.29, 0.717) is 5.92 Å². The van der Waals surface area contributed by atoms with Gasteiger partial charge in [0.05, 0.1) is 19.1 Å². The van der Waals surface area contributed by atoms with E-state index in [4.69, 9.17) is 4.74 Å². The van der Waals surface area contributed by atoms with Gasteiger partial charge in [-0.3, -0.25) is 4.79 Å². The van der Waals surface area contributed by atoms with Crippen molar-refractivity contribution < 1.29 is 9.53 Å². The Balaban J connectivity index is 2.06. The Bertz CT molecular complexity index is 499. The first-order chi connectivity index (χ1) is 11.0. The minimum atomic E-state index is 0.0700. The molecule has 0 radical (unpaired) electrons. The van der Waals surface area contributed by atoms with Gasteiger partial charge in [0, 0.05) is 6.54 Å². The van der Waals surface area contributed by atoms with Crippen LogP contribution in [0, 0.1) is 11.8 Å². The highest BCUT2D eigenvalue weighted by Gasteiger charge is 2.26. The Kier molecular flexibility index (Phi) is 6.46. The molecule has 1 amide bonds. The summed E-state index contributed by atoms with van der Waals surface area (Å²) in [7, 11) is 3.76. The van der Waals surface area contributed by atoms with Crippen LogP contribution in [-0.2, 0) is 4.79 Å². The van der Waals surface area contributed by atoms with Crippen molar-refractivity contribution in [3.05, 3.63) is 29.8 Å². The lowest BCUT2D eigenvalue weighted by Crippen LogP contribution is -2.42. The molecule has 0 saturated carbocycles. The molecule has 1 fully saturated rings. The summed E-state index contributed by atoms with van der Waals surface area (Å²) in [6.45, 7) is 6.34. The Labute approximate surface area is 140 Å². The monoisotopic (exact) mass is 318 g/mol. The number of nitrogens with zero attached hydrogens (tertiary/aromatic N) is 1. The van der Waals surface area contributed by atoms with Gasteiger partial charge in [-0.2, -0.15) is 0 Å². The molecular weight excluding hydrogens is 288 g/mol. The summed E-state index contributed by atoms with van der Waals surface area (Å²) in [5, 5.41) is 3.29. The zero-order valence-electron chi connectivity index (χ0n) is 14.8. The van der Waals surface area contributed by atoms with Crippen molar-refractivity contribution in [3.8, 4) is 5.75 Å². The first kappa shape index (κ1) is 17.8. The average molecular weight is 318 g/mol. The van der Waals surface area contributed by atoms with Gasteiger partial charge in [-0.15, -0.1) is 0 Å². The summed E-state index contributed by atoms with van der Waals surface area (Å²) in [5.41, 5.74) is 1.15. The van der Waals surface area contributed by atoms with Crippen LogP contribution in [0.3, 0.4) is 0 Å². The Hall–Kier alpha value is -1.55. The topological polar surface area (TPSA) is 41.6 Å². The number of ether oxygens (including phenoxy) is 1. The third-order valence-corrected chi connectivity index (χ3v) is 4.54. The van der Waals surface area contributed by atoms with Crippen LogP contribution in [-0.4, -0.2) is 38.1 Å². The fraction of sp³-hybridized carbons (Fsp3) is 0.632. The smallest absolute Gasteiger partial charge is 0.224 e. The van der Waals surface area contributed by atoms with Crippen molar-refractivity contribution in [2.24, 2.45) is 11.8 Å². The summed E-state index contributed by atoms with van der Waals surface area (Å²) < 4.78 is 5.23. The summed E-state index contributed by atoms with van der Waals surface area (Å²) in [4.78, 5) is 14.9. The second kappa shape index (κ2) is 8.34. The quantitative estimate of drug-likeness (QED) is 0.875. The van der Waals surface area contributed by atoms with Gasteiger partial charge >= 0.3 is 0 Å². The minimum Gasteiger partial charge on any atom is -0.497 e. The predicted octanol–water partition coefficient (Wildman–Crippen LogP) is 3.24. The molecule has 1 N–H and O–H groups in total. The minimum absolute atomic E-state index is 0.0700. The maximum Gasteiger partial charge on any atom is 0.224 e. The molecule has 1 aromatic carbocycles. The number of likely N-dealkylation sites (tertiary alicyclic amines) is 1. The van der Waals surface area contributed by atoms with Crippen molar-refractivity contribution in [1.82, 2.24) is 10.2 Å². The number of benzene rings is 1. The number of rotatable bonds is 6. The van der Waals surface area contributed by atoms with Gasteiger partial charge in [-0.05, 0) is 56.5 Å². The predicted molar refractivity (Wildman–Crippen MR) is 93.6 cm³/mol. The van der Waals surface area contributed by atoms with E-state index in [1.807, 2.05) is 12.1 Å². The van der Waals surface area contributed by atoms with Gasteiger partial charge in [-0.25, -0.2) is 0 Å². The molecule has 4 nitrogen and oxygen atoms in total. The molecule has 0 unspecified atom stereocenters. The van der Waals surface area contributed by atoms with Crippen LogP contribution >= 0.6 is 0 Å². The Morgan fingerprint density at radius 1 is 1.35 bits per heavy atom. The maximum absolute atomic E-state index is 12.7. The SMILES string of the molecule is COc1ccc([C@H](CC(C)C)NC(=O)[C@@H]2CCCN(C)C2)cc1. The third kappa shape index (κ3) is 5.24. The number of methoxy groups -OCH3 is 1. The van der Waals surface area contributed by atoms with E-state index in [9.17, 15) is 4.79 Å². The molecule has 1 aliphatic rings. The summed E-state index contributed by atoms with van der Waals surface area (Å²) in [6.07, 6.45) is 3.04. The lowest BCUT2D eigenvalue weighted by Gasteiger charge is -2.30. The van der Waals surface area contributed by atoms with Gasteiger partial charge in [0.25, 0.3) is 0 Å². The van der Waals surface area contributed by atoms with E-state index in [-0.39, 0.29) is 17.9 Å². The van der Waals surface area contributed by atoms with Crippen LogP contribution in [0.25, 0.3) is 0 Å². The highest BCUT2D eigenvalue weighted by molar-refractivity contribution is 5.79. The molecule has 0 aliphatic carbocycles. The first-order valence-electron chi connectivity index (χ1n) is 8.62. The molecule has 1 heterocycles. The zero-order chi connectivity index (χ0) is 16.8. The van der Waals surface area contributed by atoms with E-state index in [1.165, 1.54) is 0 Å². The molecule has 0 aromatic heterocycles. The summed E-state index contributed by atoms with van der Waals surface area (Å²) in [6, 6.07) is 8.10. The van der Waals surface area contributed by atoms with Crippen molar-refractivity contribution in [2.45, 2.75) is 39.2 Å². The van der Waals surface area contributed by atoms with E-state index in [1.54, 1.807) is 7.11 Å². The van der Waals surface area contributed by atoms with Crippen LogP contribution in [0.15, 0.2) is 24.3 Å². The maximum atomic E-state index is 12.7. The van der Waals surface area contributed by atoms with Crippen LogP contribution in [0.1, 0.15) is 44.7 Å². The van der Waals surface area contributed by atoms with E-state index < -0.39 is 0 Å². The van der Waals surface area contributed by atoms with Crippen LogP contribution in [0.5, 0.6) is 5.75 Å². The summed E-state index contributed by atoms with van der Waals surface area (Å²) >= 11 is 0. The van der Waals surface area contributed by atoms with Gasteiger partial charge in [0.15, 0.2) is 0 Å². The Morgan fingerprint density at radius 3 is 2.61 bits per heavy atom. The van der Waals surface area contributed by atoms with Crippen molar-refractivity contribution in [2.75, 3.05) is 27.2 Å². The van der Waals surface area contributed by atoms with Crippen molar-refractivity contribution >= 4 is 5.91 Å². The molecule has 1 aliphatic heterocycles. The highest BCUT2D eigenvalue weighted by Crippen LogP contribution is 2.25. The molecule has 0 spiro atoms. The number of amides is 1. The number of hydrogen-bond donors (Lipinski definition) is 1. The van der Waals surface area contributed by atoms with Gasteiger partial charge in [0.2, 0.25) is 5.91 Å². The molecule has 1 aromatic rings. The zero-order valence-corrected chi connectivity index (χ0v) is 14.8. The standard InChI is InChI=1S/C19H30N2O2/c1-14(2)12-18(15-7-9-17(23-4)10-8-15)20-19(22)16-6-5-11-21(3)13-16/h7-10,14,16,18H,5-6,11-13H2,1-4H3,(H,20,22)/t16-,18+/m1/s1. The Morgan fingerprint density at radius 2 is 2.04 bits per heavy atom. The van der Waals surface area contributed by atoms with Crippen LogP contribution in [0.4, 0.5) is 0 Å². The molecule has 2 rings (SSSR count). The molecule has 0 bridgehead atoms. The molecule has 1 saturated heterocycles. The third-order valence-electron chi connectivity index (χ3n) is 4.54. The normalized spacial score (nSPS) is 20.3. The molecule has 23 heavy (non-hydrogen) atoms. The van der Waals surface area contributed by atoms with E-state index in [0.717, 1.165) is 43.7 Å². The molecule has 2 atom stereocenters. The first-order valence-corrected chi connectivity index (χ1v) is 8.62. The number of nitrogens with one attached hydrogen (secondary N) is 1. The average Bonchev–Trinajstić information content (AvgIpc) is 2.54. The number of piperidine rings is 1. The lowest BCUT2D eigenvalue weighted by atomic mass is 9.94. The lowest BCUT2D eigenvalue weighted by molar-refractivity contribution is -0.127. The molecular formula is C19H30N2O2. The highest BCUT2D eigenvalue weighted by atomic mass is 16.5. The van der Waals surface area contributed by atoms with Gasteiger partial charge in [-0.1, -0.05) is 26.0 Å². The van der Waals surface area contributed by atoms with Crippen molar-refractivity contribution in [3.63, 3.8) is 0 Å². The van der Waals surface area contributed by atoms with Crippen LogP contribution < -0.4 is 10.1 Å². The van der Waals surface area contributed by atoms with Crippen molar-refractivity contribution in [1.29, 1.82) is 0 Å². The largest absolute Gasteiger partial charge is 0.497 e.